The Bertz CT molecular complexity index is 386. The third-order valence-corrected chi connectivity index (χ3v) is 2.72. The molecule has 84 valence electrons. The minimum Gasteiger partial charge on any atom is -0.311 e. The third-order valence-electron chi connectivity index (χ3n) is 2.72. The van der Waals surface area contributed by atoms with Gasteiger partial charge >= 0.3 is 0 Å². The Morgan fingerprint density at radius 1 is 1.60 bits per heavy atom. The van der Waals surface area contributed by atoms with Crippen molar-refractivity contribution in [3.8, 4) is 0 Å². The summed E-state index contributed by atoms with van der Waals surface area (Å²) >= 11 is 0. The van der Waals surface area contributed by atoms with Crippen LogP contribution in [0.2, 0.25) is 0 Å². The lowest BCUT2D eigenvalue weighted by Crippen LogP contribution is -2.23. The number of carbonyl (C=O) groups excluding carboxylic acids is 1. The van der Waals surface area contributed by atoms with Gasteiger partial charge < -0.3 is 5.32 Å². The fraction of sp³-hybridized carbons (Fsp3) is 0.600. The molecule has 0 aromatic carbocycles. The lowest BCUT2D eigenvalue weighted by atomic mass is 9.94. The van der Waals surface area contributed by atoms with Gasteiger partial charge in [0.1, 0.15) is 5.82 Å². The predicted molar refractivity (Wildman–Crippen MR) is 61.5 cm³/mol. The molecule has 1 unspecified atom stereocenters. The number of nitrogens with one attached hydrogen (secondary N) is 1. The van der Waals surface area contributed by atoms with Gasteiger partial charge in [-0.3, -0.25) is 4.79 Å². The second-order valence-electron chi connectivity index (χ2n) is 3.82. The van der Waals surface area contributed by atoms with Crippen molar-refractivity contribution in [2.24, 2.45) is 0 Å². The van der Waals surface area contributed by atoms with Gasteiger partial charge in [-0.05, 0) is 19.8 Å². The van der Waals surface area contributed by atoms with Crippen LogP contribution in [0.25, 0.3) is 0 Å². The van der Waals surface area contributed by atoms with E-state index in [4.69, 9.17) is 0 Å². The van der Waals surface area contributed by atoms with Gasteiger partial charge in [-0.25, -0.2) is 4.68 Å². The molecule has 0 aliphatic carbocycles. The molecule has 1 aliphatic heterocycles. The molecule has 1 atom stereocenters. The Morgan fingerprint density at radius 3 is 2.87 bits per heavy atom. The summed E-state index contributed by atoms with van der Waals surface area (Å²) in [6, 6.07) is 0. The quantitative estimate of drug-likeness (QED) is 0.802. The summed E-state index contributed by atoms with van der Waals surface area (Å²) in [6.45, 7) is 6.90. The van der Waals surface area contributed by atoms with Crippen molar-refractivity contribution in [3.63, 3.8) is 0 Å². The van der Waals surface area contributed by atoms with Gasteiger partial charge in [0.2, 0.25) is 5.91 Å². The molecular weight excluding hydrogens is 214 g/mol. The van der Waals surface area contributed by atoms with E-state index in [1.165, 1.54) is 5.56 Å². The summed E-state index contributed by atoms with van der Waals surface area (Å²) in [5.74, 6) is 1.28. The van der Waals surface area contributed by atoms with Crippen LogP contribution in [-0.4, -0.2) is 15.7 Å². The number of halogens is 1. The number of fused-ring (bicyclic) bond motifs is 1. The number of aryl methyl sites for hydroxylation is 2. The summed E-state index contributed by atoms with van der Waals surface area (Å²) in [5, 5.41) is 7.29. The van der Waals surface area contributed by atoms with E-state index in [0.29, 0.717) is 12.3 Å². The van der Waals surface area contributed by atoms with E-state index in [0.717, 1.165) is 18.1 Å². The minimum absolute atomic E-state index is 0. The molecule has 1 aromatic rings. The van der Waals surface area contributed by atoms with Gasteiger partial charge in [0.15, 0.2) is 0 Å². The summed E-state index contributed by atoms with van der Waals surface area (Å²) in [4.78, 5) is 11.4. The fourth-order valence-corrected chi connectivity index (χ4v) is 2.11. The van der Waals surface area contributed by atoms with Gasteiger partial charge in [-0.15, -0.1) is 12.4 Å². The number of anilines is 1. The zero-order valence-corrected chi connectivity index (χ0v) is 10.0. The standard InChI is InChI=1S/C10H15N3O.ClH/c1-4-13-10-9(7(3)12-13)6(2)5-8(14)11-10;/h6H,4-5H2,1-3H3,(H,11,14);1H. The monoisotopic (exact) mass is 229 g/mol. The van der Waals surface area contributed by atoms with E-state index < -0.39 is 0 Å². The molecule has 5 heteroatoms. The van der Waals surface area contributed by atoms with Crippen LogP contribution < -0.4 is 5.32 Å². The second kappa shape index (κ2) is 4.23. The Hall–Kier alpha value is -1.03. The number of amides is 1. The highest BCUT2D eigenvalue weighted by molar-refractivity contribution is 5.93. The molecule has 0 saturated carbocycles. The zero-order chi connectivity index (χ0) is 10.3. The van der Waals surface area contributed by atoms with Crippen LogP contribution in [-0.2, 0) is 11.3 Å². The normalized spacial score (nSPS) is 19.1. The van der Waals surface area contributed by atoms with E-state index in [-0.39, 0.29) is 18.3 Å². The molecule has 1 aliphatic rings. The molecular formula is C10H16ClN3O. The largest absolute Gasteiger partial charge is 0.311 e. The molecule has 0 radical (unpaired) electrons. The molecule has 0 bridgehead atoms. The number of nitrogens with zero attached hydrogens (tertiary/aromatic N) is 2. The number of carbonyl (C=O) groups is 1. The first-order chi connectivity index (χ1) is 6.63. The van der Waals surface area contributed by atoms with Crippen LogP contribution >= 0.6 is 12.4 Å². The highest BCUT2D eigenvalue weighted by Gasteiger charge is 2.27. The molecule has 2 rings (SSSR count). The van der Waals surface area contributed by atoms with Gasteiger partial charge in [0.05, 0.1) is 5.69 Å². The highest BCUT2D eigenvalue weighted by atomic mass is 35.5. The van der Waals surface area contributed by atoms with Crippen molar-refractivity contribution in [2.45, 2.75) is 39.7 Å². The van der Waals surface area contributed by atoms with Crippen LogP contribution in [0.4, 0.5) is 5.82 Å². The summed E-state index contributed by atoms with van der Waals surface area (Å²) in [7, 11) is 0. The number of hydrogen-bond acceptors (Lipinski definition) is 2. The van der Waals surface area contributed by atoms with Crippen LogP contribution in [0.5, 0.6) is 0 Å². The topological polar surface area (TPSA) is 46.9 Å². The van der Waals surface area contributed by atoms with Crippen molar-refractivity contribution < 1.29 is 4.79 Å². The average Bonchev–Trinajstić information content (AvgIpc) is 2.42. The van der Waals surface area contributed by atoms with Crippen LogP contribution in [0.3, 0.4) is 0 Å². The lowest BCUT2D eigenvalue weighted by Gasteiger charge is -2.20. The van der Waals surface area contributed by atoms with E-state index >= 15 is 0 Å². The van der Waals surface area contributed by atoms with Crippen molar-refractivity contribution in [3.05, 3.63) is 11.3 Å². The molecule has 2 heterocycles. The first-order valence-electron chi connectivity index (χ1n) is 5.00. The van der Waals surface area contributed by atoms with Crippen LogP contribution in [0.15, 0.2) is 0 Å². The smallest absolute Gasteiger partial charge is 0.226 e. The van der Waals surface area contributed by atoms with Gasteiger partial charge in [-0.1, -0.05) is 6.92 Å². The zero-order valence-electron chi connectivity index (χ0n) is 9.20. The molecule has 15 heavy (non-hydrogen) atoms. The second-order valence-corrected chi connectivity index (χ2v) is 3.82. The SMILES string of the molecule is CCn1nc(C)c2c1NC(=O)CC2C.Cl. The van der Waals surface area contributed by atoms with E-state index in [1.807, 2.05) is 18.5 Å². The van der Waals surface area contributed by atoms with E-state index in [2.05, 4.69) is 17.3 Å². The first-order valence-corrected chi connectivity index (χ1v) is 5.00. The fourth-order valence-electron chi connectivity index (χ4n) is 2.11. The minimum atomic E-state index is 0. The molecule has 1 amide bonds. The lowest BCUT2D eigenvalue weighted by molar-refractivity contribution is -0.116. The summed E-state index contributed by atoms with van der Waals surface area (Å²) in [5.41, 5.74) is 2.24. The summed E-state index contributed by atoms with van der Waals surface area (Å²) in [6.07, 6.45) is 0.573. The van der Waals surface area contributed by atoms with E-state index in [9.17, 15) is 4.79 Å². The maximum Gasteiger partial charge on any atom is 0.226 e. The number of hydrogen-bond donors (Lipinski definition) is 1. The number of aromatic nitrogens is 2. The molecule has 1 N–H and O–H groups in total. The molecule has 0 saturated heterocycles. The highest BCUT2D eigenvalue weighted by Crippen LogP contribution is 2.33. The van der Waals surface area contributed by atoms with E-state index in [1.54, 1.807) is 0 Å². The Kier molecular flexibility index (Phi) is 3.39. The summed E-state index contributed by atoms with van der Waals surface area (Å²) < 4.78 is 1.86. The Labute approximate surface area is 95.5 Å². The molecule has 4 nitrogen and oxygen atoms in total. The van der Waals surface area contributed by atoms with Gasteiger partial charge in [0, 0.05) is 18.5 Å². The van der Waals surface area contributed by atoms with Crippen molar-refractivity contribution >= 4 is 24.1 Å². The maximum atomic E-state index is 11.4. The van der Waals surface area contributed by atoms with Crippen molar-refractivity contribution in [1.29, 1.82) is 0 Å². The maximum absolute atomic E-state index is 11.4. The van der Waals surface area contributed by atoms with Gasteiger partial charge in [-0.2, -0.15) is 5.10 Å². The van der Waals surface area contributed by atoms with Crippen LogP contribution in [0, 0.1) is 6.92 Å². The Morgan fingerprint density at radius 2 is 2.27 bits per heavy atom. The van der Waals surface area contributed by atoms with Gasteiger partial charge in [0.25, 0.3) is 0 Å². The molecule has 1 aromatic heterocycles. The van der Waals surface area contributed by atoms with Crippen molar-refractivity contribution in [2.75, 3.05) is 5.32 Å². The molecule has 0 spiro atoms. The first kappa shape index (κ1) is 12.0. The number of rotatable bonds is 1. The predicted octanol–water partition coefficient (Wildman–Crippen LogP) is 2.08. The van der Waals surface area contributed by atoms with Crippen LogP contribution in [0.1, 0.15) is 37.4 Å². The average molecular weight is 230 g/mol. The third kappa shape index (κ3) is 1.86. The van der Waals surface area contributed by atoms with Crippen molar-refractivity contribution in [1.82, 2.24) is 9.78 Å². The Balaban J connectivity index is 0.00000112. The molecule has 0 fully saturated rings.